The van der Waals surface area contributed by atoms with Gasteiger partial charge in [-0.3, -0.25) is 0 Å². The van der Waals surface area contributed by atoms with Gasteiger partial charge in [-0.2, -0.15) is 0 Å². The van der Waals surface area contributed by atoms with Crippen molar-refractivity contribution in [3.8, 4) is 6.08 Å². The molecule has 1 heterocycles. The minimum absolute atomic E-state index is 0.136. The third-order valence-electron chi connectivity index (χ3n) is 1.97. The number of ether oxygens (including phenoxy) is 1. The van der Waals surface area contributed by atoms with Gasteiger partial charge < -0.3 is 9.15 Å². The van der Waals surface area contributed by atoms with E-state index in [9.17, 15) is 4.79 Å². The molecule has 1 aromatic heterocycles. The van der Waals surface area contributed by atoms with Gasteiger partial charge in [0.2, 0.25) is 5.89 Å². The molecule has 0 amide bonds. The second-order valence-electron chi connectivity index (χ2n) is 3.34. The van der Waals surface area contributed by atoms with Crippen LogP contribution in [0.5, 0.6) is 6.08 Å². The average Bonchev–Trinajstić information content (AvgIpc) is 2.65. The summed E-state index contributed by atoms with van der Waals surface area (Å²) < 4.78 is 9.82. The van der Waals surface area contributed by atoms with Crippen LogP contribution in [0.3, 0.4) is 0 Å². The second kappa shape index (κ2) is 4.14. The number of benzene rings is 1. The Morgan fingerprint density at radius 3 is 2.44 bits per heavy atom. The van der Waals surface area contributed by atoms with E-state index in [0.29, 0.717) is 11.5 Å². The third kappa shape index (κ3) is 2.25. The third-order valence-corrected chi connectivity index (χ3v) is 1.97. The van der Waals surface area contributed by atoms with Crippen molar-refractivity contribution in [1.82, 2.24) is 10.2 Å². The minimum atomic E-state index is -0.511. The number of hydrogen-bond donors (Lipinski definition) is 0. The molecule has 0 fully saturated rings. The molecular weight excluding hydrogens is 208 g/mol. The highest BCUT2D eigenvalue weighted by atomic mass is 16.6. The Bertz CT molecular complexity index is 502. The fourth-order valence-corrected chi connectivity index (χ4v) is 1.15. The molecule has 0 aliphatic carbocycles. The summed E-state index contributed by atoms with van der Waals surface area (Å²) in [6.45, 7) is 3.56. The molecule has 0 aliphatic heterocycles. The van der Waals surface area contributed by atoms with Gasteiger partial charge in [-0.1, -0.05) is 22.8 Å². The first kappa shape index (κ1) is 10.4. The summed E-state index contributed by atoms with van der Waals surface area (Å²) in [4.78, 5) is 11.6. The average molecular weight is 218 g/mol. The van der Waals surface area contributed by atoms with Crippen LogP contribution in [0.15, 0.2) is 28.7 Å². The van der Waals surface area contributed by atoms with E-state index in [1.54, 1.807) is 19.1 Å². The van der Waals surface area contributed by atoms with Crippen molar-refractivity contribution >= 4 is 5.97 Å². The number of nitrogens with zero attached hydrogens (tertiary/aromatic N) is 2. The Balaban J connectivity index is 2.11. The maximum Gasteiger partial charge on any atom is 0.422 e. The van der Waals surface area contributed by atoms with Crippen LogP contribution >= 0.6 is 0 Å². The zero-order valence-corrected chi connectivity index (χ0v) is 8.93. The molecule has 1 aromatic carbocycles. The van der Waals surface area contributed by atoms with Gasteiger partial charge >= 0.3 is 12.0 Å². The van der Waals surface area contributed by atoms with Gasteiger partial charge in [-0.05, 0) is 19.1 Å². The van der Waals surface area contributed by atoms with Crippen molar-refractivity contribution in [2.45, 2.75) is 13.8 Å². The van der Waals surface area contributed by atoms with Gasteiger partial charge in [0.15, 0.2) is 0 Å². The number of aryl methyl sites for hydroxylation is 2. The highest BCUT2D eigenvalue weighted by Gasteiger charge is 2.12. The SMILES string of the molecule is Cc1ccc(C(=O)Oc2nnc(C)o2)cc1. The Morgan fingerprint density at radius 1 is 1.19 bits per heavy atom. The molecule has 5 heteroatoms. The van der Waals surface area contributed by atoms with Crippen LogP contribution in [-0.4, -0.2) is 16.2 Å². The molecule has 0 unspecified atom stereocenters. The summed E-state index contributed by atoms with van der Waals surface area (Å²) in [7, 11) is 0. The lowest BCUT2D eigenvalue weighted by molar-refractivity contribution is 0.0681. The molecule has 82 valence electrons. The van der Waals surface area contributed by atoms with Gasteiger partial charge in [0.05, 0.1) is 5.56 Å². The molecule has 0 N–H and O–H groups in total. The van der Waals surface area contributed by atoms with Crippen molar-refractivity contribution in [3.63, 3.8) is 0 Å². The quantitative estimate of drug-likeness (QED) is 0.720. The van der Waals surface area contributed by atoms with E-state index in [0.717, 1.165) is 5.56 Å². The van der Waals surface area contributed by atoms with Crippen LogP contribution in [0, 0.1) is 13.8 Å². The fourth-order valence-electron chi connectivity index (χ4n) is 1.15. The maximum absolute atomic E-state index is 11.6. The Labute approximate surface area is 92.1 Å². The first-order valence-corrected chi connectivity index (χ1v) is 4.74. The van der Waals surface area contributed by atoms with Crippen LogP contribution in [0.2, 0.25) is 0 Å². The van der Waals surface area contributed by atoms with Crippen molar-refractivity contribution in [3.05, 3.63) is 41.3 Å². The molecular formula is C11H10N2O3. The molecule has 0 saturated heterocycles. The van der Waals surface area contributed by atoms with Crippen molar-refractivity contribution in [1.29, 1.82) is 0 Å². The topological polar surface area (TPSA) is 65.2 Å². The fraction of sp³-hybridized carbons (Fsp3) is 0.182. The molecule has 0 bridgehead atoms. The summed E-state index contributed by atoms with van der Waals surface area (Å²) in [6.07, 6.45) is -0.136. The predicted octanol–water partition coefficient (Wildman–Crippen LogP) is 1.91. The maximum atomic E-state index is 11.6. The summed E-state index contributed by atoms with van der Waals surface area (Å²) in [5, 5.41) is 7.12. The summed E-state index contributed by atoms with van der Waals surface area (Å²) in [5.74, 6) is -0.157. The first-order chi connectivity index (χ1) is 7.65. The molecule has 0 atom stereocenters. The summed E-state index contributed by atoms with van der Waals surface area (Å²) >= 11 is 0. The van der Waals surface area contributed by atoms with Gasteiger partial charge in [0.1, 0.15) is 0 Å². The zero-order valence-electron chi connectivity index (χ0n) is 8.93. The number of aromatic nitrogens is 2. The van der Waals surface area contributed by atoms with E-state index in [1.807, 2.05) is 19.1 Å². The van der Waals surface area contributed by atoms with Crippen molar-refractivity contribution in [2.24, 2.45) is 0 Å². The molecule has 16 heavy (non-hydrogen) atoms. The molecule has 0 aliphatic rings. The first-order valence-electron chi connectivity index (χ1n) is 4.74. The summed E-state index contributed by atoms with van der Waals surface area (Å²) in [6, 6.07) is 7.02. The van der Waals surface area contributed by atoms with Crippen molar-refractivity contribution in [2.75, 3.05) is 0 Å². The monoisotopic (exact) mass is 218 g/mol. The van der Waals surface area contributed by atoms with Gasteiger partial charge in [0.25, 0.3) is 0 Å². The van der Waals surface area contributed by atoms with Crippen LogP contribution in [0.1, 0.15) is 21.8 Å². The van der Waals surface area contributed by atoms with Crippen LogP contribution < -0.4 is 4.74 Å². The Hall–Kier alpha value is -2.17. The van der Waals surface area contributed by atoms with E-state index in [4.69, 9.17) is 9.15 Å². The number of hydrogen-bond acceptors (Lipinski definition) is 5. The lowest BCUT2D eigenvalue weighted by Gasteiger charge is -1.99. The van der Waals surface area contributed by atoms with Gasteiger partial charge in [-0.25, -0.2) is 4.79 Å². The Kier molecular flexibility index (Phi) is 2.68. The van der Waals surface area contributed by atoms with E-state index >= 15 is 0 Å². The van der Waals surface area contributed by atoms with Gasteiger partial charge in [0, 0.05) is 6.92 Å². The van der Waals surface area contributed by atoms with E-state index < -0.39 is 5.97 Å². The second-order valence-corrected chi connectivity index (χ2v) is 3.34. The van der Waals surface area contributed by atoms with E-state index in [1.165, 1.54) is 0 Å². The van der Waals surface area contributed by atoms with Crippen LogP contribution in [0.4, 0.5) is 0 Å². The highest BCUT2D eigenvalue weighted by Crippen LogP contribution is 2.10. The largest absolute Gasteiger partial charge is 0.422 e. The molecule has 0 saturated carbocycles. The number of rotatable bonds is 2. The summed E-state index contributed by atoms with van der Waals surface area (Å²) in [5.41, 5.74) is 1.52. The van der Waals surface area contributed by atoms with E-state index in [-0.39, 0.29) is 6.08 Å². The molecule has 2 rings (SSSR count). The highest BCUT2D eigenvalue weighted by molar-refractivity contribution is 5.90. The zero-order chi connectivity index (χ0) is 11.5. The van der Waals surface area contributed by atoms with Crippen molar-refractivity contribution < 1.29 is 13.9 Å². The standard InChI is InChI=1S/C11H10N2O3/c1-7-3-5-9(6-4-7)10(14)16-11-13-12-8(2)15-11/h3-6H,1-2H3. The molecule has 0 radical (unpaired) electrons. The lowest BCUT2D eigenvalue weighted by atomic mass is 10.2. The predicted molar refractivity (Wildman–Crippen MR) is 55.2 cm³/mol. The normalized spacial score (nSPS) is 10.1. The van der Waals surface area contributed by atoms with Crippen LogP contribution in [-0.2, 0) is 0 Å². The Morgan fingerprint density at radius 2 is 1.88 bits per heavy atom. The molecule has 0 spiro atoms. The smallest absolute Gasteiger partial charge is 0.393 e. The van der Waals surface area contributed by atoms with Gasteiger partial charge in [-0.15, -0.1) is 5.10 Å². The lowest BCUT2D eigenvalue weighted by Crippen LogP contribution is -2.08. The number of carbonyl (C=O) groups is 1. The molecule has 5 nitrogen and oxygen atoms in total. The van der Waals surface area contributed by atoms with Crippen LogP contribution in [0.25, 0.3) is 0 Å². The number of carbonyl (C=O) groups excluding carboxylic acids is 1. The number of esters is 1. The molecule has 2 aromatic rings. The van der Waals surface area contributed by atoms with E-state index in [2.05, 4.69) is 10.2 Å². The minimum Gasteiger partial charge on any atom is -0.393 e.